The molecule has 4 nitrogen and oxygen atoms in total. The van der Waals surface area contributed by atoms with Gasteiger partial charge in [0.1, 0.15) is 12.3 Å². The van der Waals surface area contributed by atoms with Gasteiger partial charge in [-0.2, -0.15) is 0 Å². The van der Waals surface area contributed by atoms with Gasteiger partial charge in [0.05, 0.1) is 0 Å². The molecule has 96 valence electrons. The van der Waals surface area contributed by atoms with Crippen LogP contribution in [0.25, 0.3) is 0 Å². The van der Waals surface area contributed by atoms with E-state index in [4.69, 9.17) is 4.74 Å². The lowest BCUT2D eigenvalue weighted by atomic mass is 9.85. The molecule has 1 aliphatic rings. The molecule has 4 heteroatoms. The first kappa shape index (κ1) is 12.6. The summed E-state index contributed by atoms with van der Waals surface area (Å²) in [5.74, 6) is 0.120. The van der Waals surface area contributed by atoms with Gasteiger partial charge < -0.3 is 10.1 Å². The van der Waals surface area contributed by atoms with Crippen LogP contribution in [-0.2, 0) is 9.59 Å². The second-order valence-electron chi connectivity index (χ2n) is 4.63. The molecule has 0 bridgehead atoms. The smallest absolute Gasteiger partial charge is 0.330 e. The number of rotatable bonds is 4. The summed E-state index contributed by atoms with van der Waals surface area (Å²) in [5.41, 5.74) is 1.10. The Balaban J connectivity index is 1.74. The minimum absolute atomic E-state index is 0.0397. The first-order valence-electron chi connectivity index (χ1n) is 6.20. The van der Waals surface area contributed by atoms with E-state index in [9.17, 15) is 9.59 Å². The van der Waals surface area contributed by atoms with Crippen LogP contribution in [0.2, 0.25) is 0 Å². The number of carbonyl (C=O) groups is 2. The number of ether oxygens (including phenoxy) is 1. The third-order valence-corrected chi connectivity index (χ3v) is 3.14. The van der Waals surface area contributed by atoms with Crippen LogP contribution in [0, 0.1) is 12.8 Å². The van der Waals surface area contributed by atoms with Crippen molar-refractivity contribution in [2.24, 2.45) is 5.92 Å². The molecule has 1 aliphatic carbocycles. The van der Waals surface area contributed by atoms with E-state index in [1.807, 2.05) is 19.1 Å². The minimum Gasteiger partial charge on any atom is -0.425 e. The largest absolute Gasteiger partial charge is 0.425 e. The third kappa shape index (κ3) is 3.32. The number of amides is 1. The lowest BCUT2D eigenvalue weighted by Crippen LogP contribution is -2.38. The second kappa shape index (κ2) is 5.67. The van der Waals surface area contributed by atoms with E-state index in [2.05, 4.69) is 5.32 Å². The maximum atomic E-state index is 11.5. The lowest BCUT2D eigenvalue weighted by Gasteiger charge is -2.23. The van der Waals surface area contributed by atoms with Crippen molar-refractivity contribution in [3.63, 3.8) is 0 Å². The van der Waals surface area contributed by atoms with Crippen molar-refractivity contribution in [3.8, 4) is 5.75 Å². The van der Waals surface area contributed by atoms with Crippen molar-refractivity contribution in [1.82, 2.24) is 5.32 Å². The Kier molecular flexibility index (Phi) is 3.97. The quantitative estimate of drug-likeness (QED) is 0.652. The van der Waals surface area contributed by atoms with Gasteiger partial charge in [0, 0.05) is 5.92 Å². The van der Waals surface area contributed by atoms with Crippen molar-refractivity contribution in [2.45, 2.75) is 26.2 Å². The van der Waals surface area contributed by atoms with Gasteiger partial charge in [0.2, 0.25) is 5.91 Å². The van der Waals surface area contributed by atoms with Gasteiger partial charge in [0.15, 0.2) is 0 Å². The van der Waals surface area contributed by atoms with Crippen molar-refractivity contribution in [1.29, 1.82) is 0 Å². The van der Waals surface area contributed by atoms with Gasteiger partial charge in [-0.1, -0.05) is 24.1 Å². The average Bonchev–Trinajstić information content (AvgIpc) is 2.27. The Hall–Kier alpha value is -1.84. The molecule has 0 unspecified atom stereocenters. The lowest BCUT2D eigenvalue weighted by molar-refractivity contribution is -0.137. The van der Waals surface area contributed by atoms with Crippen LogP contribution in [0.4, 0.5) is 0 Å². The molecule has 18 heavy (non-hydrogen) atoms. The molecule has 0 radical (unpaired) electrons. The van der Waals surface area contributed by atoms with Gasteiger partial charge in [-0.05, 0) is 31.9 Å². The monoisotopic (exact) mass is 247 g/mol. The molecule has 0 aromatic heterocycles. The summed E-state index contributed by atoms with van der Waals surface area (Å²) in [4.78, 5) is 23.0. The number of aryl methyl sites for hydroxylation is 1. The molecule has 1 amide bonds. The van der Waals surface area contributed by atoms with Gasteiger partial charge >= 0.3 is 5.97 Å². The fraction of sp³-hybridized carbons (Fsp3) is 0.429. The molecule has 1 fully saturated rings. The number of hydrogen-bond acceptors (Lipinski definition) is 3. The maximum absolute atomic E-state index is 11.5. The highest BCUT2D eigenvalue weighted by Crippen LogP contribution is 2.26. The molecule has 1 saturated carbocycles. The summed E-state index contributed by atoms with van der Waals surface area (Å²) in [6, 6.07) is 7.22. The van der Waals surface area contributed by atoms with Crippen LogP contribution >= 0.6 is 0 Å². The molecule has 1 aromatic carbocycles. The van der Waals surface area contributed by atoms with Gasteiger partial charge in [-0.25, -0.2) is 4.79 Å². The van der Waals surface area contributed by atoms with E-state index in [0.717, 1.165) is 24.8 Å². The second-order valence-corrected chi connectivity index (χ2v) is 4.63. The van der Waals surface area contributed by atoms with E-state index in [1.54, 1.807) is 12.1 Å². The fourth-order valence-corrected chi connectivity index (χ4v) is 1.75. The van der Waals surface area contributed by atoms with Crippen molar-refractivity contribution in [3.05, 3.63) is 29.8 Å². The summed E-state index contributed by atoms with van der Waals surface area (Å²) in [6.45, 7) is 1.90. The van der Waals surface area contributed by atoms with E-state index >= 15 is 0 Å². The third-order valence-electron chi connectivity index (χ3n) is 3.14. The zero-order chi connectivity index (χ0) is 13.0. The van der Waals surface area contributed by atoms with Gasteiger partial charge in [-0.3, -0.25) is 4.79 Å². The van der Waals surface area contributed by atoms with Crippen LogP contribution in [0.3, 0.4) is 0 Å². The average molecular weight is 247 g/mol. The zero-order valence-corrected chi connectivity index (χ0v) is 10.4. The van der Waals surface area contributed by atoms with Crippen LogP contribution in [0.15, 0.2) is 24.3 Å². The predicted molar refractivity (Wildman–Crippen MR) is 67.2 cm³/mol. The van der Waals surface area contributed by atoms with Crippen LogP contribution in [0.1, 0.15) is 24.8 Å². The van der Waals surface area contributed by atoms with Gasteiger partial charge in [-0.15, -0.1) is 0 Å². The first-order chi connectivity index (χ1) is 8.65. The van der Waals surface area contributed by atoms with Crippen molar-refractivity contribution >= 4 is 11.9 Å². The Labute approximate surface area is 106 Å². The summed E-state index contributed by atoms with van der Waals surface area (Å²) < 4.78 is 5.10. The Bertz CT molecular complexity index is 435. The molecule has 0 aliphatic heterocycles. The highest BCUT2D eigenvalue weighted by molar-refractivity contribution is 5.84. The fourth-order valence-electron chi connectivity index (χ4n) is 1.75. The maximum Gasteiger partial charge on any atom is 0.330 e. The van der Waals surface area contributed by atoms with Crippen LogP contribution in [-0.4, -0.2) is 18.4 Å². The molecule has 1 aromatic rings. The Morgan fingerprint density at radius 1 is 1.28 bits per heavy atom. The highest BCUT2D eigenvalue weighted by atomic mass is 16.5. The van der Waals surface area contributed by atoms with Crippen LogP contribution < -0.4 is 10.1 Å². The number of nitrogens with one attached hydrogen (secondary N) is 1. The van der Waals surface area contributed by atoms with E-state index < -0.39 is 5.97 Å². The normalized spacial score (nSPS) is 14.7. The first-order valence-corrected chi connectivity index (χ1v) is 6.20. The Morgan fingerprint density at radius 3 is 2.50 bits per heavy atom. The summed E-state index contributed by atoms with van der Waals surface area (Å²) in [5, 5.41) is 2.60. The molecule has 0 atom stereocenters. The number of carbonyl (C=O) groups excluding carboxylic acids is 2. The van der Waals surface area contributed by atoms with Crippen molar-refractivity contribution in [2.75, 3.05) is 6.54 Å². The Morgan fingerprint density at radius 2 is 1.94 bits per heavy atom. The predicted octanol–water partition coefficient (Wildman–Crippen LogP) is 1.82. The highest BCUT2D eigenvalue weighted by Gasteiger charge is 2.25. The molecule has 0 spiro atoms. The molecular weight excluding hydrogens is 230 g/mol. The molecular formula is C14H17NO3. The molecule has 0 saturated heterocycles. The summed E-state index contributed by atoms with van der Waals surface area (Å²) in [7, 11) is 0. The molecule has 0 heterocycles. The van der Waals surface area contributed by atoms with E-state index in [-0.39, 0.29) is 18.4 Å². The van der Waals surface area contributed by atoms with Crippen LogP contribution in [0.5, 0.6) is 5.75 Å². The zero-order valence-electron chi connectivity index (χ0n) is 10.4. The number of benzene rings is 1. The molecule has 2 rings (SSSR count). The topological polar surface area (TPSA) is 55.4 Å². The standard InChI is InChI=1S/C14H17NO3/c1-10-5-7-12(8-6-10)18-13(16)9-15-14(17)11-3-2-4-11/h5-8,11H,2-4,9H2,1H3,(H,15,17). The van der Waals surface area contributed by atoms with Gasteiger partial charge in [0.25, 0.3) is 0 Å². The minimum atomic E-state index is -0.438. The van der Waals surface area contributed by atoms with E-state index in [0.29, 0.717) is 5.75 Å². The number of hydrogen-bond donors (Lipinski definition) is 1. The molecule has 1 N–H and O–H groups in total. The summed E-state index contributed by atoms with van der Waals surface area (Å²) in [6.07, 6.45) is 2.96. The summed E-state index contributed by atoms with van der Waals surface area (Å²) >= 11 is 0. The number of esters is 1. The van der Waals surface area contributed by atoms with Crippen molar-refractivity contribution < 1.29 is 14.3 Å². The van der Waals surface area contributed by atoms with E-state index in [1.165, 1.54) is 0 Å². The SMILES string of the molecule is Cc1ccc(OC(=O)CNC(=O)C2CCC2)cc1.